The first-order valence-electron chi connectivity index (χ1n) is 5.59. The number of hydrogen-bond donors (Lipinski definition) is 2. The van der Waals surface area contributed by atoms with Crippen molar-refractivity contribution < 1.29 is 4.79 Å². The second-order valence-corrected chi connectivity index (χ2v) is 5.61. The van der Waals surface area contributed by atoms with Crippen molar-refractivity contribution in [3.8, 4) is 0 Å². The number of carbonyl (C=O) groups is 1. The molecule has 0 bridgehead atoms. The quantitative estimate of drug-likeness (QED) is 0.896. The van der Waals surface area contributed by atoms with Crippen molar-refractivity contribution >= 4 is 39.1 Å². The summed E-state index contributed by atoms with van der Waals surface area (Å²) in [6.07, 6.45) is 3.31. The molecule has 1 atom stereocenters. The molecule has 1 aromatic rings. The van der Waals surface area contributed by atoms with Crippen LogP contribution >= 0.6 is 27.5 Å². The average molecular weight is 318 g/mol. The fourth-order valence-corrected chi connectivity index (χ4v) is 2.46. The molecule has 92 valence electrons. The number of amides is 1. The average Bonchev–Trinajstić information content (AvgIpc) is 2.19. The highest BCUT2D eigenvalue weighted by Gasteiger charge is 2.31. The third-order valence-electron chi connectivity index (χ3n) is 3.17. The Labute approximate surface area is 114 Å². The van der Waals surface area contributed by atoms with Crippen molar-refractivity contribution in [2.75, 3.05) is 5.32 Å². The number of anilines is 1. The van der Waals surface area contributed by atoms with Gasteiger partial charge in [-0.2, -0.15) is 0 Å². The lowest BCUT2D eigenvalue weighted by atomic mass is 9.79. The molecule has 2 rings (SSSR count). The maximum atomic E-state index is 11.4. The number of nitrogens with two attached hydrogens (primary N) is 1. The third-order valence-corrected chi connectivity index (χ3v) is 4.38. The fourth-order valence-electron chi connectivity index (χ4n) is 1.96. The number of carbonyl (C=O) groups excluding carboxylic acids is 1. The number of benzene rings is 1. The van der Waals surface area contributed by atoms with Gasteiger partial charge in [0.05, 0.1) is 5.02 Å². The van der Waals surface area contributed by atoms with Crippen LogP contribution in [0.15, 0.2) is 22.7 Å². The van der Waals surface area contributed by atoms with Gasteiger partial charge >= 0.3 is 0 Å². The Morgan fingerprint density at radius 2 is 2.24 bits per heavy atom. The lowest BCUT2D eigenvalue weighted by Crippen LogP contribution is -2.44. The highest BCUT2D eigenvalue weighted by Crippen LogP contribution is 2.32. The van der Waals surface area contributed by atoms with Crippen molar-refractivity contribution in [2.24, 2.45) is 11.7 Å². The summed E-state index contributed by atoms with van der Waals surface area (Å²) in [5.74, 6) is 0.0720. The minimum atomic E-state index is -0.291. The van der Waals surface area contributed by atoms with Gasteiger partial charge in [0.25, 0.3) is 0 Å². The van der Waals surface area contributed by atoms with Crippen molar-refractivity contribution in [1.29, 1.82) is 0 Å². The first-order valence-corrected chi connectivity index (χ1v) is 6.76. The standard InChI is InChI=1S/C12H14BrClN2O/c13-9-6-8(4-5-10(9)14)16-11(12(15)17)7-2-1-3-7/h4-7,11,16H,1-3H2,(H2,15,17). The van der Waals surface area contributed by atoms with E-state index in [0.717, 1.165) is 23.0 Å². The van der Waals surface area contributed by atoms with Gasteiger partial charge in [-0.3, -0.25) is 4.79 Å². The molecule has 1 amide bonds. The van der Waals surface area contributed by atoms with E-state index in [-0.39, 0.29) is 11.9 Å². The zero-order valence-electron chi connectivity index (χ0n) is 9.25. The van der Waals surface area contributed by atoms with Crippen LogP contribution < -0.4 is 11.1 Å². The molecular weight excluding hydrogens is 304 g/mol. The summed E-state index contributed by atoms with van der Waals surface area (Å²) >= 11 is 9.27. The Balaban J connectivity index is 2.11. The molecule has 0 heterocycles. The van der Waals surface area contributed by atoms with Crippen LogP contribution in [-0.2, 0) is 4.79 Å². The molecule has 1 aromatic carbocycles. The maximum Gasteiger partial charge on any atom is 0.240 e. The zero-order valence-corrected chi connectivity index (χ0v) is 11.6. The first-order chi connectivity index (χ1) is 8.08. The number of nitrogens with one attached hydrogen (secondary N) is 1. The van der Waals surface area contributed by atoms with Gasteiger partial charge in [0.1, 0.15) is 6.04 Å². The van der Waals surface area contributed by atoms with Crippen molar-refractivity contribution in [3.63, 3.8) is 0 Å². The molecule has 0 aromatic heterocycles. The van der Waals surface area contributed by atoms with Crippen molar-refractivity contribution in [2.45, 2.75) is 25.3 Å². The molecule has 5 heteroatoms. The Hall–Kier alpha value is -0.740. The molecule has 0 saturated heterocycles. The van der Waals surface area contributed by atoms with Gasteiger partial charge in [-0.25, -0.2) is 0 Å². The molecule has 1 saturated carbocycles. The van der Waals surface area contributed by atoms with E-state index in [1.54, 1.807) is 6.07 Å². The van der Waals surface area contributed by atoms with Crippen LogP contribution in [0.5, 0.6) is 0 Å². The molecule has 1 aliphatic rings. The Bertz CT molecular complexity index is 435. The second kappa shape index (κ2) is 5.27. The monoisotopic (exact) mass is 316 g/mol. The van der Waals surface area contributed by atoms with Crippen molar-refractivity contribution in [3.05, 3.63) is 27.7 Å². The molecule has 0 spiro atoms. The molecule has 3 N–H and O–H groups in total. The number of primary amides is 1. The normalized spacial score (nSPS) is 17.3. The smallest absolute Gasteiger partial charge is 0.240 e. The molecule has 1 aliphatic carbocycles. The van der Waals surface area contributed by atoms with Crippen LogP contribution in [0.3, 0.4) is 0 Å². The summed E-state index contributed by atoms with van der Waals surface area (Å²) in [6, 6.07) is 5.21. The predicted molar refractivity (Wildman–Crippen MR) is 73.1 cm³/mol. The van der Waals surface area contributed by atoms with Gasteiger partial charge in [-0.15, -0.1) is 0 Å². The van der Waals surface area contributed by atoms with Crippen LogP contribution in [0.1, 0.15) is 19.3 Å². The lowest BCUT2D eigenvalue weighted by molar-refractivity contribution is -0.120. The van der Waals surface area contributed by atoms with E-state index in [1.165, 1.54) is 6.42 Å². The van der Waals surface area contributed by atoms with E-state index in [2.05, 4.69) is 21.2 Å². The minimum absolute atomic E-state index is 0.281. The van der Waals surface area contributed by atoms with E-state index >= 15 is 0 Å². The molecule has 0 aliphatic heterocycles. The van der Waals surface area contributed by atoms with E-state index in [4.69, 9.17) is 17.3 Å². The Morgan fingerprint density at radius 1 is 1.53 bits per heavy atom. The summed E-state index contributed by atoms with van der Waals surface area (Å²) < 4.78 is 0.806. The zero-order chi connectivity index (χ0) is 12.4. The van der Waals surface area contributed by atoms with Gasteiger partial charge in [-0.05, 0) is 52.9 Å². The Kier molecular flexibility index (Phi) is 3.94. The summed E-state index contributed by atoms with van der Waals surface area (Å²) in [5.41, 5.74) is 6.28. The fraction of sp³-hybridized carbons (Fsp3) is 0.417. The summed E-state index contributed by atoms with van der Waals surface area (Å²) in [5, 5.41) is 3.83. The van der Waals surface area contributed by atoms with Gasteiger partial charge in [0.15, 0.2) is 0 Å². The SMILES string of the molecule is NC(=O)C(Nc1ccc(Cl)c(Br)c1)C1CCC1. The van der Waals surface area contributed by atoms with Gasteiger partial charge in [-0.1, -0.05) is 18.0 Å². The van der Waals surface area contributed by atoms with Crippen LogP contribution in [0, 0.1) is 5.92 Å². The summed E-state index contributed by atoms with van der Waals surface area (Å²) in [4.78, 5) is 11.4. The number of rotatable bonds is 4. The first kappa shape index (κ1) is 12.7. The topological polar surface area (TPSA) is 55.1 Å². The molecular formula is C12H14BrClN2O. The molecule has 0 radical (unpaired) electrons. The van der Waals surface area contributed by atoms with Crippen LogP contribution in [0.2, 0.25) is 5.02 Å². The molecule has 3 nitrogen and oxygen atoms in total. The highest BCUT2D eigenvalue weighted by molar-refractivity contribution is 9.10. The molecule has 17 heavy (non-hydrogen) atoms. The van der Waals surface area contributed by atoms with E-state index in [0.29, 0.717) is 10.9 Å². The lowest BCUT2D eigenvalue weighted by Gasteiger charge is -2.32. The Morgan fingerprint density at radius 3 is 2.71 bits per heavy atom. The largest absolute Gasteiger partial charge is 0.373 e. The second-order valence-electron chi connectivity index (χ2n) is 4.34. The third kappa shape index (κ3) is 2.93. The minimum Gasteiger partial charge on any atom is -0.373 e. The van der Waals surface area contributed by atoms with Gasteiger partial charge in [0.2, 0.25) is 5.91 Å². The summed E-state index contributed by atoms with van der Waals surface area (Å²) in [6.45, 7) is 0. The highest BCUT2D eigenvalue weighted by atomic mass is 79.9. The number of halogens is 2. The number of hydrogen-bond acceptors (Lipinski definition) is 2. The maximum absolute atomic E-state index is 11.4. The van der Waals surface area contributed by atoms with Crippen LogP contribution in [0.4, 0.5) is 5.69 Å². The van der Waals surface area contributed by atoms with Crippen LogP contribution in [0.25, 0.3) is 0 Å². The van der Waals surface area contributed by atoms with E-state index in [1.807, 2.05) is 12.1 Å². The van der Waals surface area contributed by atoms with Crippen molar-refractivity contribution in [1.82, 2.24) is 0 Å². The van der Waals surface area contributed by atoms with Crippen LogP contribution in [-0.4, -0.2) is 11.9 Å². The molecule has 1 fully saturated rings. The van der Waals surface area contributed by atoms with E-state index in [9.17, 15) is 4.79 Å². The molecule has 1 unspecified atom stereocenters. The van der Waals surface area contributed by atoms with Gasteiger partial charge in [0, 0.05) is 10.2 Å². The summed E-state index contributed by atoms with van der Waals surface area (Å²) in [7, 11) is 0. The predicted octanol–water partition coefficient (Wildman–Crippen LogP) is 3.17. The van der Waals surface area contributed by atoms with Gasteiger partial charge < -0.3 is 11.1 Å². The van der Waals surface area contributed by atoms with E-state index < -0.39 is 0 Å².